The molecule has 0 aromatic carbocycles. The van der Waals surface area contributed by atoms with E-state index < -0.39 is 0 Å². The largest absolute Gasteiger partial charge is 0.373 e. The summed E-state index contributed by atoms with van der Waals surface area (Å²) in [6.45, 7) is 4.73. The molecule has 1 atom stereocenters. The molecule has 1 fully saturated rings. The van der Waals surface area contributed by atoms with Crippen LogP contribution in [0, 0.1) is 10.1 Å². The quantitative estimate of drug-likeness (QED) is 0.653. The summed E-state index contributed by atoms with van der Waals surface area (Å²) in [6, 6.07) is 3.40. The number of nitrogens with one attached hydrogen (secondary N) is 1. The Kier molecular flexibility index (Phi) is 3.84. The molecular formula is C12H19N5O2. The van der Waals surface area contributed by atoms with E-state index in [0.717, 1.165) is 19.6 Å². The number of aromatic nitrogens is 1. The number of nitrogens with zero attached hydrogens (tertiary/aromatic N) is 4. The van der Waals surface area contributed by atoms with Crippen molar-refractivity contribution in [2.75, 3.05) is 43.9 Å². The molecule has 1 aliphatic heterocycles. The summed E-state index contributed by atoms with van der Waals surface area (Å²) in [4.78, 5) is 19.3. The zero-order valence-electron chi connectivity index (χ0n) is 11.5. The Morgan fingerprint density at radius 1 is 1.47 bits per heavy atom. The second-order valence-corrected chi connectivity index (χ2v) is 4.85. The molecule has 0 aliphatic carbocycles. The van der Waals surface area contributed by atoms with E-state index in [4.69, 9.17) is 0 Å². The van der Waals surface area contributed by atoms with E-state index in [0.29, 0.717) is 17.7 Å². The maximum absolute atomic E-state index is 10.9. The first-order valence-electron chi connectivity index (χ1n) is 6.30. The molecule has 1 saturated heterocycles. The van der Waals surface area contributed by atoms with Crippen LogP contribution in [0.25, 0.3) is 0 Å². The number of rotatable bonds is 3. The van der Waals surface area contributed by atoms with Crippen LogP contribution < -0.4 is 10.2 Å². The highest BCUT2D eigenvalue weighted by Crippen LogP contribution is 2.24. The van der Waals surface area contributed by atoms with Gasteiger partial charge in [-0.2, -0.15) is 0 Å². The van der Waals surface area contributed by atoms with Gasteiger partial charge >= 0.3 is 0 Å². The van der Waals surface area contributed by atoms with Crippen molar-refractivity contribution in [2.45, 2.75) is 13.0 Å². The van der Waals surface area contributed by atoms with Gasteiger partial charge in [0.25, 0.3) is 5.69 Å². The van der Waals surface area contributed by atoms with E-state index in [2.05, 4.69) is 34.1 Å². The van der Waals surface area contributed by atoms with Gasteiger partial charge in [-0.15, -0.1) is 0 Å². The molecule has 0 amide bonds. The van der Waals surface area contributed by atoms with Gasteiger partial charge < -0.3 is 15.1 Å². The van der Waals surface area contributed by atoms with Crippen LogP contribution in [0.5, 0.6) is 0 Å². The van der Waals surface area contributed by atoms with Crippen molar-refractivity contribution in [1.29, 1.82) is 0 Å². The van der Waals surface area contributed by atoms with Crippen LogP contribution >= 0.6 is 0 Å². The second-order valence-electron chi connectivity index (χ2n) is 4.85. The summed E-state index contributed by atoms with van der Waals surface area (Å²) < 4.78 is 0. The van der Waals surface area contributed by atoms with Gasteiger partial charge in [0.05, 0.1) is 17.1 Å². The van der Waals surface area contributed by atoms with Crippen molar-refractivity contribution in [3.8, 4) is 0 Å². The number of piperazine rings is 1. The zero-order chi connectivity index (χ0) is 14.0. The smallest absolute Gasteiger partial charge is 0.276 e. The third-order valence-electron chi connectivity index (χ3n) is 3.55. The third kappa shape index (κ3) is 2.93. The summed E-state index contributed by atoms with van der Waals surface area (Å²) in [5.74, 6) is 1.19. The molecule has 2 heterocycles. The minimum Gasteiger partial charge on any atom is -0.373 e. The maximum atomic E-state index is 10.9. The average Bonchev–Trinajstić information content (AvgIpc) is 2.41. The molecule has 0 spiro atoms. The fraction of sp³-hybridized carbons (Fsp3) is 0.583. The number of likely N-dealkylation sites (N-methyl/N-ethyl adjacent to an activating group) is 1. The summed E-state index contributed by atoms with van der Waals surface area (Å²) >= 11 is 0. The van der Waals surface area contributed by atoms with Gasteiger partial charge in [-0.1, -0.05) is 0 Å². The molecule has 104 valence electrons. The van der Waals surface area contributed by atoms with Gasteiger partial charge in [0.1, 0.15) is 11.6 Å². The Bertz CT molecular complexity index is 479. The molecule has 0 saturated carbocycles. The zero-order valence-corrected chi connectivity index (χ0v) is 11.5. The molecule has 19 heavy (non-hydrogen) atoms. The molecule has 1 N–H and O–H groups in total. The third-order valence-corrected chi connectivity index (χ3v) is 3.55. The first kappa shape index (κ1) is 13.5. The standard InChI is InChI=1S/C12H19N5O2/c1-9-8-16(5-4-15(9)3)12-7-10(17(18)19)6-11(13-2)14-12/h6-7,9H,4-5,8H2,1-3H3,(H,13,14). The van der Waals surface area contributed by atoms with Crippen molar-refractivity contribution in [3.05, 3.63) is 22.2 Å². The molecule has 0 radical (unpaired) electrons. The minimum absolute atomic E-state index is 0.0703. The summed E-state index contributed by atoms with van der Waals surface area (Å²) in [7, 11) is 3.80. The van der Waals surface area contributed by atoms with Crippen LogP contribution in [-0.4, -0.2) is 54.6 Å². The van der Waals surface area contributed by atoms with Crippen molar-refractivity contribution < 1.29 is 4.92 Å². The molecule has 1 aliphatic rings. The topological polar surface area (TPSA) is 74.5 Å². The highest BCUT2D eigenvalue weighted by molar-refractivity contribution is 5.56. The molecule has 1 aromatic rings. The summed E-state index contributed by atoms with van der Waals surface area (Å²) in [6.07, 6.45) is 0. The molecule has 0 bridgehead atoms. The lowest BCUT2D eigenvalue weighted by molar-refractivity contribution is -0.384. The highest BCUT2D eigenvalue weighted by atomic mass is 16.6. The number of anilines is 2. The van der Waals surface area contributed by atoms with Gasteiger partial charge in [-0.05, 0) is 14.0 Å². The van der Waals surface area contributed by atoms with E-state index in [1.54, 1.807) is 13.1 Å². The fourth-order valence-electron chi connectivity index (χ4n) is 2.15. The second kappa shape index (κ2) is 5.40. The number of hydrogen-bond donors (Lipinski definition) is 1. The van der Waals surface area contributed by atoms with E-state index in [-0.39, 0.29) is 10.6 Å². The monoisotopic (exact) mass is 265 g/mol. The Morgan fingerprint density at radius 3 is 2.79 bits per heavy atom. The van der Waals surface area contributed by atoms with E-state index in [1.807, 2.05) is 0 Å². The lowest BCUT2D eigenvalue weighted by Gasteiger charge is -2.38. The highest BCUT2D eigenvalue weighted by Gasteiger charge is 2.23. The van der Waals surface area contributed by atoms with Crippen molar-refractivity contribution >= 4 is 17.3 Å². The normalized spacial score (nSPS) is 20.4. The van der Waals surface area contributed by atoms with Crippen LogP contribution in [0.15, 0.2) is 12.1 Å². The van der Waals surface area contributed by atoms with Gasteiger partial charge in [-0.25, -0.2) is 4.98 Å². The first-order chi connectivity index (χ1) is 9.01. The molecular weight excluding hydrogens is 246 g/mol. The van der Waals surface area contributed by atoms with Crippen molar-refractivity contribution in [3.63, 3.8) is 0 Å². The van der Waals surface area contributed by atoms with Crippen LogP contribution in [-0.2, 0) is 0 Å². The molecule has 1 unspecified atom stereocenters. The molecule has 2 rings (SSSR count). The van der Waals surface area contributed by atoms with Gasteiger partial charge in [0.15, 0.2) is 0 Å². The Balaban J connectivity index is 2.28. The Labute approximate surface area is 112 Å². The lowest BCUT2D eigenvalue weighted by Crippen LogP contribution is -2.50. The first-order valence-corrected chi connectivity index (χ1v) is 6.30. The summed E-state index contributed by atoms with van der Waals surface area (Å²) in [5.41, 5.74) is 0.0703. The summed E-state index contributed by atoms with van der Waals surface area (Å²) in [5, 5.41) is 13.8. The Morgan fingerprint density at radius 2 is 2.21 bits per heavy atom. The average molecular weight is 265 g/mol. The van der Waals surface area contributed by atoms with E-state index in [9.17, 15) is 10.1 Å². The predicted octanol–water partition coefficient (Wildman–Crippen LogP) is 1.17. The van der Waals surface area contributed by atoms with Crippen molar-refractivity contribution in [2.24, 2.45) is 0 Å². The lowest BCUT2D eigenvalue weighted by atomic mass is 10.2. The minimum atomic E-state index is -0.383. The predicted molar refractivity (Wildman–Crippen MR) is 74.7 cm³/mol. The molecule has 1 aromatic heterocycles. The number of hydrogen-bond acceptors (Lipinski definition) is 6. The van der Waals surface area contributed by atoms with Crippen LogP contribution in [0.2, 0.25) is 0 Å². The van der Waals surface area contributed by atoms with Gasteiger partial charge in [0, 0.05) is 32.7 Å². The van der Waals surface area contributed by atoms with Gasteiger partial charge in [-0.3, -0.25) is 10.1 Å². The maximum Gasteiger partial charge on any atom is 0.276 e. The van der Waals surface area contributed by atoms with Crippen LogP contribution in [0.1, 0.15) is 6.92 Å². The Hall–Kier alpha value is -1.89. The number of pyridine rings is 1. The fourth-order valence-corrected chi connectivity index (χ4v) is 2.15. The molecule has 7 heteroatoms. The van der Waals surface area contributed by atoms with E-state index in [1.165, 1.54) is 6.07 Å². The van der Waals surface area contributed by atoms with E-state index >= 15 is 0 Å². The SMILES string of the molecule is CNc1cc([N+](=O)[O-])cc(N2CCN(C)C(C)C2)n1. The number of nitro groups is 1. The van der Waals surface area contributed by atoms with Crippen LogP contribution in [0.4, 0.5) is 17.3 Å². The van der Waals surface area contributed by atoms with Crippen molar-refractivity contribution in [1.82, 2.24) is 9.88 Å². The molecule has 7 nitrogen and oxygen atoms in total. The van der Waals surface area contributed by atoms with Gasteiger partial charge in [0.2, 0.25) is 0 Å². The van der Waals surface area contributed by atoms with Crippen LogP contribution in [0.3, 0.4) is 0 Å².